The molecule has 3 atom stereocenters. The molecule has 2 aliphatic heterocycles. The van der Waals surface area contributed by atoms with Crippen LogP contribution in [-0.2, 0) is 0 Å². The topological polar surface area (TPSA) is 24.5 Å². The third kappa shape index (κ3) is 2.13. The summed E-state index contributed by atoms with van der Waals surface area (Å²) in [4.78, 5) is 2.52. The minimum atomic E-state index is 0.318. The van der Waals surface area contributed by atoms with Crippen molar-refractivity contribution in [2.45, 2.75) is 31.4 Å². The predicted molar refractivity (Wildman–Crippen MR) is 73.2 cm³/mol. The highest BCUT2D eigenvalue weighted by molar-refractivity contribution is 5.40. The normalized spacial score (nSPS) is 31.3. The maximum absolute atomic E-state index is 6.09. The molecule has 3 nitrogen and oxygen atoms in total. The zero-order valence-corrected chi connectivity index (χ0v) is 11.2. The maximum atomic E-state index is 6.09. The Labute approximate surface area is 109 Å². The number of fused-ring (bicyclic) bond motifs is 1. The van der Waals surface area contributed by atoms with Crippen LogP contribution in [0.2, 0.25) is 0 Å². The van der Waals surface area contributed by atoms with Crippen LogP contribution < -0.4 is 10.1 Å². The number of para-hydroxylation sites is 1. The fourth-order valence-electron chi connectivity index (χ4n) is 3.11. The summed E-state index contributed by atoms with van der Waals surface area (Å²) < 4.78 is 6.09. The van der Waals surface area contributed by atoms with Gasteiger partial charge in [0.1, 0.15) is 11.9 Å². The van der Waals surface area contributed by atoms with E-state index in [0.29, 0.717) is 18.1 Å². The summed E-state index contributed by atoms with van der Waals surface area (Å²) in [7, 11) is 2.05. The molecular formula is C15H22N2O. The zero-order chi connectivity index (χ0) is 12.5. The van der Waals surface area contributed by atoms with E-state index in [9.17, 15) is 0 Å². The minimum Gasteiger partial charge on any atom is -0.488 e. The second kappa shape index (κ2) is 4.90. The molecule has 1 aromatic rings. The molecule has 0 spiro atoms. The lowest BCUT2D eigenvalue weighted by atomic mass is 9.97. The highest BCUT2D eigenvalue weighted by atomic mass is 16.5. The molecule has 3 rings (SSSR count). The molecule has 2 aliphatic rings. The summed E-state index contributed by atoms with van der Waals surface area (Å²) in [6, 6.07) is 9.10. The number of hydrogen-bond acceptors (Lipinski definition) is 3. The molecule has 0 aliphatic carbocycles. The van der Waals surface area contributed by atoms with Crippen molar-refractivity contribution in [3.63, 3.8) is 0 Å². The first-order valence-corrected chi connectivity index (χ1v) is 6.93. The molecule has 2 heterocycles. The monoisotopic (exact) mass is 246 g/mol. The van der Waals surface area contributed by atoms with Crippen LogP contribution in [0.3, 0.4) is 0 Å². The summed E-state index contributed by atoms with van der Waals surface area (Å²) in [5, 5.41) is 3.36. The van der Waals surface area contributed by atoms with Crippen molar-refractivity contribution in [3.8, 4) is 5.75 Å². The van der Waals surface area contributed by atoms with Crippen LogP contribution >= 0.6 is 0 Å². The summed E-state index contributed by atoms with van der Waals surface area (Å²) in [5.41, 5.74) is 1.37. The lowest BCUT2D eigenvalue weighted by Crippen LogP contribution is -2.37. The Kier molecular flexibility index (Phi) is 3.27. The molecule has 3 unspecified atom stereocenters. The smallest absolute Gasteiger partial charge is 0.123 e. The van der Waals surface area contributed by atoms with E-state index in [1.807, 2.05) is 0 Å². The highest BCUT2D eigenvalue weighted by Gasteiger charge is 2.33. The average Bonchev–Trinajstić information content (AvgIpc) is 2.97. The van der Waals surface area contributed by atoms with E-state index in [1.165, 1.54) is 18.5 Å². The Hall–Kier alpha value is -1.06. The van der Waals surface area contributed by atoms with E-state index in [0.717, 1.165) is 18.8 Å². The van der Waals surface area contributed by atoms with Gasteiger partial charge in [0, 0.05) is 30.6 Å². The fraction of sp³-hybridized carbons (Fsp3) is 0.600. The number of benzene rings is 1. The van der Waals surface area contributed by atoms with Crippen LogP contribution in [0, 0.1) is 0 Å². The quantitative estimate of drug-likeness (QED) is 0.881. The van der Waals surface area contributed by atoms with Gasteiger partial charge >= 0.3 is 0 Å². The largest absolute Gasteiger partial charge is 0.488 e. The van der Waals surface area contributed by atoms with Crippen LogP contribution in [0.4, 0.5) is 0 Å². The lowest BCUT2D eigenvalue weighted by Gasteiger charge is -2.23. The zero-order valence-electron chi connectivity index (χ0n) is 11.2. The van der Waals surface area contributed by atoms with Gasteiger partial charge in [0.15, 0.2) is 0 Å². The van der Waals surface area contributed by atoms with Crippen molar-refractivity contribution in [1.29, 1.82) is 0 Å². The van der Waals surface area contributed by atoms with Gasteiger partial charge in [-0.25, -0.2) is 0 Å². The molecule has 1 saturated heterocycles. The van der Waals surface area contributed by atoms with Crippen molar-refractivity contribution in [1.82, 2.24) is 10.2 Å². The van der Waals surface area contributed by atoms with Crippen molar-refractivity contribution in [2.75, 3.05) is 26.7 Å². The highest BCUT2D eigenvalue weighted by Crippen LogP contribution is 2.38. The first kappa shape index (κ1) is 12.0. The molecule has 18 heavy (non-hydrogen) atoms. The first-order valence-electron chi connectivity index (χ1n) is 6.93. The van der Waals surface area contributed by atoms with Gasteiger partial charge in [0.2, 0.25) is 0 Å². The van der Waals surface area contributed by atoms with Gasteiger partial charge in [-0.15, -0.1) is 0 Å². The molecule has 1 N–H and O–H groups in total. The second-order valence-corrected chi connectivity index (χ2v) is 5.52. The Morgan fingerprint density at radius 3 is 2.94 bits per heavy atom. The van der Waals surface area contributed by atoms with Gasteiger partial charge in [-0.2, -0.15) is 0 Å². The predicted octanol–water partition coefficient (Wildman–Crippen LogP) is 1.84. The van der Waals surface area contributed by atoms with E-state index in [-0.39, 0.29) is 0 Å². The van der Waals surface area contributed by atoms with E-state index in [1.54, 1.807) is 0 Å². The minimum absolute atomic E-state index is 0.318. The lowest BCUT2D eigenvalue weighted by molar-refractivity contribution is 0.150. The summed E-state index contributed by atoms with van der Waals surface area (Å²) in [5.74, 6) is 1.59. The molecule has 98 valence electrons. The molecular weight excluding hydrogens is 224 g/mol. The fourth-order valence-corrected chi connectivity index (χ4v) is 3.11. The summed E-state index contributed by atoms with van der Waals surface area (Å²) in [6.07, 6.45) is 1.57. The van der Waals surface area contributed by atoms with Crippen LogP contribution in [-0.4, -0.2) is 43.7 Å². The van der Waals surface area contributed by atoms with Gasteiger partial charge in [-0.05, 0) is 26.1 Å². The molecule has 0 aromatic heterocycles. The van der Waals surface area contributed by atoms with E-state index in [2.05, 4.69) is 48.5 Å². The van der Waals surface area contributed by atoms with Crippen molar-refractivity contribution in [3.05, 3.63) is 29.8 Å². The Bertz CT molecular complexity index is 421. The molecule has 1 fully saturated rings. The van der Waals surface area contributed by atoms with E-state index in [4.69, 9.17) is 4.74 Å². The van der Waals surface area contributed by atoms with Gasteiger partial charge in [-0.3, -0.25) is 4.90 Å². The standard InChI is InChI=1S/C15H22N2O/c1-11-13-5-3-4-6-14(13)18-15(11)10-17-8-7-12(9-17)16-2/h3-6,11-12,15-16H,7-10H2,1-2H3. The SMILES string of the molecule is CNC1CCN(CC2Oc3ccccc3C2C)C1. The van der Waals surface area contributed by atoms with Gasteiger partial charge in [-0.1, -0.05) is 25.1 Å². The maximum Gasteiger partial charge on any atom is 0.123 e. The number of nitrogens with zero attached hydrogens (tertiary/aromatic N) is 1. The molecule has 0 bridgehead atoms. The third-order valence-corrected chi connectivity index (χ3v) is 4.36. The third-order valence-electron chi connectivity index (χ3n) is 4.36. The van der Waals surface area contributed by atoms with E-state index < -0.39 is 0 Å². The number of likely N-dealkylation sites (tertiary alicyclic amines) is 1. The van der Waals surface area contributed by atoms with Crippen LogP contribution in [0.1, 0.15) is 24.8 Å². The first-order chi connectivity index (χ1) is 8.78. The van der Waals surface area contributed by atoms with E-state index >= 15 is 0 Å². The Balaban J connectivity index is 1.63. The van der Waals surface area contributed by atoms with Crippen molar-refractivity contribution in [2.24, 2.45) is 0 Å². The number of nitrogens with one attached hydrogen (secondary N) is 1. The Morgan fingerprint density at radius 1 is 1.39 bits per heavy atom. The molecule has 1 aromatic carbocycles. The van der Waals surface area contributed by atoms with Gasteiger partial charge in [0.05, 0.1) is 0 Å². The number of likely N-dealkylation sites (N-methyl/N-ethyl adjacent to an activating group) is 1. The molecule has 0 saturated carbocycles. The van der Waals surface area contributed by atoms with Crippen LogP contribution in [0.5, 0.6) is 5.75 Å². The van der Waals surface area contributed by atoms with Crippen LogP contribution in [0.25, 0.3) is 0 Å². The summed E-state index contributed by atoms with van der Waals surface area (Å²) >= 11 is 0. The van der Waals surface area contributed by atoms with Crippen LogP contribution in [0.15, 0.2) is 24.3 Å². The van der Waals surface area contributed by atoms with Gasteiger partial charge in [0.25, 0.3) is 0 Å². The number of ether oxygens (including phenoxy) is 1. The Morgan fingerprint density at radius 2 is 2.22 bits per heavy atom. The average molecular weight is 246 g/mol. The summed E-state index contributed by atoms with van der Waals surface area (Å²) in [6.45, 7) is 5.67. The molecule has 3 heteroatoms. The van der Waals surface area contributed by atoms with Crippen molar-refractivity contribution >= 4 is 0 Å². The van der Waals surface area contributed by atoms with Gasteiger partial charge < -0.3 is 10.1 Å². The molecule has 0 radical (unpaired) electrons. The number of rotatable bonds is 3. The second-order valence-electron chi connectivity index (χ2n) is 5.52. The molecule has 0 amide bonds. The van der Waals surface area contributed by atoms with Crippen molar-refractivity contribution < 1.29 is 4.74 Å². The number of hydrogen-bond donors (Lipinski definition) is 1.